The Hall–Kier alpha value is -2.86. The van der Waals surface area contributed by atoms with E-state index in [2.05, 4.69) is 20.6 Å². The highest BCUT2D eigenvalue weighted by Gasteiger charge is 2.58. The molecule has 2 heterocycles. The number of nitrogens with one attached hydrogen (secondary N) is 2. The van der Waals surface area contributed by atoms with Crippen LogP contribution in [0.5, 0.6) is 0 Å². The van der Waals surface area contributed by atoms with Crippen LogP contribution in [0.4, 0.5) is 26.3 Å². The van der Waals surface area contributed by atoms with Gasteiger partial charge in [0.2, 0.25) is 17.6 Å². The Morgan fingerprint density at radius 2 is 1.77 bits per heavy atom. The SMILES string of the molecule is CC(CC(=O)NCc1ccn2cc(CNC(=O)C3CC3C(F)(F)F)nc2n1)C(F)(F)F. The van der Waals surface area contributed by atoms with Crippen molar-refractivity contribution in [1.29, 1.82) is 0 Å². The molecule has 2 aromatic rings. The average Bonchev–Trinajstić information content (AvgIpc) is 3.38. The van der Waals surface area contributed by atoms with Crippen LogP contribution in [0.3, 0.4) is 0 Å². The van der Waals surface area contributed by atoms with Gasteiger partial charge < -0.3 is 10.6 Å². The summed E-state index contributed by atoms with van der Waals surface area (Å²) in [6.45, 7) is 0.741. The van der Waals surface area contributed by atoms with Gasteiger partial charge >= 0.3 is 12.4 Å². The monoisotopic (exact) mass is 451 g/mol. The van der Waals surface area contributed by atoms with E-state index < -0.39 is 48.3 Å². The zero-order chi connectivity index (χ0) is 23.0. The molecule has 2 N–H and O–H groups in total. The smallest absolute Gasteiger partial charge is 0.350 e. The number of hydrogen-bond donors (Lipinski definition) is 2. The van der Waals surface area contributed by atoms with E-state index in [0.29, 0.717) is 11.4 Å². The highest BCUT2D eigenvalue weighted by atomic mass is 19.4. The lowest BCUT2D eigenvalue weighted by Gasteiger charge is -2.14. The molecule has 2 aromatic heterocycles. The molecule has 0 aliphatic heterocycles. The second-order valence-corrected chi connectivity index (χ2v) is 7.49. The van der Waals surface area contributed by atoms with Crippen LogP contribution in [0.15, 0.2) is 18.5 Å². The summed E-state index contributed by atoms with van der Waals surface area (Å²) in [6, 6.07) is 1.53. The number of alkyl halides is 6. The van der Waals surface area contributed by atoms with Crippen molar-refractivity contribution in [1.82, 2.24) is 25.0 Å². The van der Waals surface area contributed by atoms with Crippen molar-refractivity contribution in [2.45, 2.75) is 45.2 Å². The van der Waals surface area contributed by atoms with Gasteiger partial charge in [0.15, 0.2) is 0 Å². The van der Waals surface area contributed by atoms with Crippen molar-refractivity contribution < 1.29 is 35.9 Å². The van der Waals surface area contributed by atoms with Crippen molar-refractivity contribution in [3.63, 3.8) is 0 Å². The molecule has 3 atom stereocenters. The van der Waals surface area contributed by atoms with E-state index >= 15 is 0 Å². The molecule has 0 saturated heterocycles. The summed E-state index contributed by atoms with van der Waals surface area (Å²) < 4.78 is 76.6. The van der Waals surface area contributed by atoms with Crippen molar-refractivity contribution >= 4 is 17.6 Å². The van der Waals surface area contributed by atoms with Crippen LogP contribution in [0.2, 0.25) is 0 Å². The molecule has 31 heavy (non-hydrogen) atoms. The highest BCUT2D eigenvalue weighted by Crippen LogP contribution is 2.50. The summed E-state index contributed by atoms with van der Waals surface area (Å²) in [4.78, 5) is 31.8. The Balaban J connectivity index is 1.52. The second kappa shape index (κ2) is 8.35. The van der Waals surface area contributed by atoms with Gasteiger partial charge in [0.25, 0.3) is 0 Å². The molecule has 1 aliphatic carbocycles. The van der Waals surface area contributed by atoms with Crippen LogP contribution in [-0.2, 0) is 22.7 Å². The first-order chi connectivity index (χ1) is 14.3. The lowest BCUT2D eigenvalue weighted by molar-refractivity contribution is -0.174. The number of rotatable bonds is 7. The first kappa shape index (κ1) is 22.8. The summed E-state index contributed by atoms with van der Waals surface area (Å²) in [5.41, 5.74) is 0.720. The van der Waals surface area contributed by atoms with Crippen molar-refractivity contribution in [3.05, 3.63) is 29.8 Å². The number of fused-ring (bicyclic) bond motifs is 1. The maximum Gasteiger partial charge on any atom is 0.392 e. The van der Waals surface area contributed by atoms with E-state index in [9.17, 15) is 35.9 Å². The molecular formula is C18H19F6N5O2. The molecule has 1 saturated carbocycles. The minimum Gasteiger partial charge on any atom is -0.350 e. The molecule has 13 heteroatoms. The van der Waals surface area contributed by atoms with Crippen LogP contribution in [0, 0.1) is 17.8 Å². The predicted molar refractivity (Wildman–Crippen MR) is 94.2 cm³/mol. The molecule has 1 aliphatic rings. The first-order valence-corrected chi connectivity index (χ1v) is 9.36. The van der Waals surface area contributed by atoms with E-state index in [1.807, 2.05) is 0 Å². The fourth-order valence-corrected chi connectivity index (χ4v) is 2.95. The Bertz CT molecular complexity index is 970. The van der Waals surface area contributed by atoms with Gasteiger partial charge in [-0.15, -0.1) is 0 Å². The lowest BCUT2D eigenvalue weighted by Crippen LogP contribution is -2.30. The van der Waals surface area contributed by atoms with Gasteiger partial charge in [-0.05, 0) is 12.5 Å². The average molecular weight is 451 g/mol. The molecule has 7 nitrogen and oxygen atoms in total. The van der Waals surface area contributed by atoms with Crippen LogP contribution in [-0.4, -0.2) is 38.5 Å². The Morgan fingerprint density at radius 3 is 2.39 bits per heavy atom. The van der Waals surface area contributed by atoms with Gasteiger partial charge in [-0.2, -0.15) is 26.3 Å². The largest absolute Gasteiger partial charge is 0.392 e. The van der Waals surface area contributed by atoms with Gasteiger partial charge in [0, 0.05) is 18.8 Å². The van der Waals surface area contributed by atoms with Gasteiger partial charge in [-0.25, -0.2) is 9.97 Å². The van der Waals surface area contributed by atoms with Crippen LogP contribution in [0.25, 0.3) is 5.78 Å². The second-order valence-electron chi connectivity index (χ2n) is 7.49. The van der Waals surface area contributed by atoms with Gasteiger partial charge in [0.1, 0.15) is 0 Å². The van der Waals surface area contributed by atoms with E-state index in [1.54, 1.807) is 6.20 Å². The van der Waals surface area contributed by atoms with Crippen LogP contribution >= 0.6 is 0 Å². The van der Waals surface area contributed by atoms with Gasteiger partial charge in [-0.3, -0.25) is 14.0 Å². The van der Waals surface area contributed by atoms with Crippen molar-refractivity contribution in [3.8, 4) is 0 Å². The number of carbonyl (C=O) groups excluding carboxylic acids is 2. The Kier molecular flexibility index (Phi) is 6.14. The molecule has 0 spiro atoms. The quantitative estimate of drug-likeness (QED) is 0.634. The van der Waals surface area contributed by atoms with Crippen LogP contribution in [0.1, 0.15) is 31.2 Å². The maximum absolute atomic E-state index is 12.5. The molecule has 2 amide bonds. The Morgan fingerprint density at radius 1 is 1.13 bits per heavy atom. The third-order valence-electron chi connectivity index (χ3n) is 4.94. The lowest BCUT2D eigenvalue weighted by atomic mass is 10.1. The van der Waals surface area contributed by atoms with Gasteiger partial charge in [0.05, 0.1) is 42.2 Å². The molecule has 1 fully saturated rings. The highest BCUT2D eigenvalue weighted by molar-refractivity contribution is 5.81. The molecular weight excluding hydrogens is 432 g/mol. The van der Waals surface area contributed by atoms with Crippen molar-refractivity contribution in [2.75, 3.05) is 0 Å². The minimum absolute atomic E-state index is 0.0787. The summed E-state index contributed by atoms with van der Waals surface area (Å²) in [6.07, 6.45) is -6.67. The predicted octanol–water partition coefficient (Wildman–Crippen LogP) is 2.75. The normalized spacial score (nSPS) is 19.8. The van der Waals surface area contributed by atoms with E-state index in [-0.39, 0.29) is 25.3 Å². The molecule has 3 unspecified atom stereocenters. The topological polar surface area (TPSA) is 88.4 Å². The number of halogens is 6. The zero-order valence-electron chi connectivity index (χ0n) is 16.2. The molecule has 3 rings (SSSR count). The number of nitrogens with zero attached hydrogens (tertiary/aromatic N) is 3. The summed E-state index contributed by atoms with van der Waals surface area (Å²) in [5, 5.41) is 4.78. The molecule has 0 aromatic carbocycles. The summed E-state index contributed by atoms with van der Waals surface area (Å²) in [7, 11) is 0. The Labute approximate surface area is 172 Å². The number of amides is 2. The number of carbonyl (C=O) groups is 2. The van der Waals surface area contributed by atoms with E-state index in [4.69, 9.17) is 0 Å². The van der Waals surface area contributed by atoms with E-state index in [0.717, 1.165) is 6.92 Å². The minimum atomic E-state index is -4.46. The van der Waals surface area contributed by atoms with Crippen molar-refractivity contribution in [2.24, 2.45) is 17.8 Å². The molecule has 0 bridgehead atoms. The summed E-state index contributed by atoms with van der Waals surface area (Å²) in [5.74, 6) is -5.70. The standard InChI is InChI=1S/C18H19F6N5O2/c1-9(17(19,20)21)4-14(30)25-6-10-2-3-29-8-11(28-16(29)27-10)7-26-15(31)12-5-13(12)18(22,23)24/h2-3,8-9,12-13H,4-7H2,1H3,(H,25,30)(H,26,31). The molecule has 0 radical (unpaired) electrons. The number of imidazole rings is 1. The molecule has 170 valence electrons. The maximum atomic E-state index is 12.5. The fraction of sp³-hybridized carbons (Fsp3) is 0.556. The zero-order valence-corrected chi connectivity index (χ0v) is 16.2. The third-order valence-corrected chi connectivity index (χ3v) is 4.94. The fourth-order valence-electron chi connectivity index (χ4n) is 2.95. The number of hydrogen-bond acceptors (Lipinski definition) is 4. The van der Waals surface area contributed by atoms with Gasteiger partial charge in [-0.1, -0.05) is 6.92 Å². The number of aromatic nitrogens is 3. The van der Waals surface area contributed by atoms with E-state index in [1.165, 1.54) is 16.7 Å². The summed E-state index contributed by atoms with van der Waals surface area (Å²) >= 11 is 0. The van der Waals surface area contributed by atoms with Crippen LogP contribution < -0.4 is 10.6 Å². The first-order valence-electron chi connectivity index (χ1n) is 9.36. The third kappa shape index (κ3) is 5.85.